The van der Waals surface area contributed by atoms with E-state index >= 15 is 0 Å². The molecule has 12 heavy (non-hydrogen) atoms. The van der Waals surface area contributed by atoms with Crippen molar-refractivity contribution in [1.82, 2.24) is 19.6 Å². The highest BCUT2D eigenvalue weighted by atomic mass is 15.3. The molecule has 0 aliphatic heterocycles. The first-order valence-electron chi connectivity index (χ1n) is 3.27. The average Bonchev–Trinajstić information content (AvgIpc) is 2.49. The van der Waals surface area contributed by atoms with Crippen molar-refractivity contribution in [2.75, 3.05) is 0 Å². The summed E-state index contributed by atoms with van der Waals surface area (Å²) in [5, 5.41) is 11.0. The number of amidine groups is 1. The zero-order valence-corrected chi connectivity index (χ0v) is 6.10. The van der Waals surface area contributed by atoms with Gasteiger partial charge in [-0.05, 0) is 0 Å². The maximum atomic E-state index is 7.12. The number of aromatic nitrogens is 4. The molecule has 0 atom stereocenters. The molecule has 0 fully saturated rings. The van der Waals surface area contributed by atoms with Gasteiger partial charge in [0.15, 0.2) is 5.65 Å². The summed E-state index contributed by atoms with van der Waals surface area (Å²) >= 11 is 0. The van der Waals surface area contributed by atoms with E-state index in [-0.39, 0.29) is 5.84 Å². The lowest BCUT2D eigenvalue weighted by molar-refractivity contribution is 0.940. The molecule has 0 bridgehead atoms. The van der Waals surface area contributed by atoms with Gasteiger partial charge in [-0.15, -0.1) is 0 Å². The van der Waals surface area contributed by atoms with E-state index in [1.54, 1.807) is 6.20 Å². The fourth-order valence-electron chi connectivity index (χ4n) is 0.866. The number of nitrogen functional groups attached to an aromatic ring is 1. The second-order valence-corrected chi connectivity index (χ2v) is 2.25. The molecule has 0 saturated carbocycles. The van der Waals surface area contributed by atoms with Crippen molar-refractivity contribution in [3.8, 4) is 0 Å². The third-order valence-corrected chi connectivity index (χ3v) is 1.44. The van der Waals surface area contributed by atoms with Crippen molar-refractivity contribution in [2.45, 2.75) is 0 Å². The van der Waals surface area contributed by atoms with Gasteiger partial charge in [-0.1, -0.05) is 0 Å². The van der Waals surface area contributed by atoms with Crippen LogP contribution in [0.2, 0.25) is 0 Å². The van der Waals surface area contributed by atoms with Gasteiger partial charge in [0, 0.05) is 0 Å². The summed E-state index contributed by atoms with van der Waals surface area (Å²) in [4.78, 5) is 7.80. The number of nitrogens with two attached hydrogens (primary N) is 1. The standard InChI is InChI=1S/C6H6N6/c7-6(8)4-2-12-5(1-9-4)10-3-11-12/h1-3H,(H3,7,8). The van der Waals surface area contributed by atoms with Crippen LogP contribution in [0.5, 0.6) is 0 Å². The molecule has 0 aromatic carbocycles. The van der Waals surface area contributed by atoms with E-state index in [2.05, 4.69) is 15.1 Å². The van der Waals surface area contributed by atoms with Gasteiger partial charge >= 0.3 is 0 Å². The van der Waals surface area contributed by atoms with E-state index in [0.29, 0.717) is 11.3 Å². The molecule has 6 heteroatoms. The minimum atomic E-state index is -0.0765. The SMILES string of the molecule is N=C(N)c1cn2ncnc2cn1. The van der Waals surface area contributed by atoms with Crippen LogP contribution in [0.4, 0.5) is 0 Å². The predicted octanol–water partition coefficient (Wildman–Crippen LogP) is -0.592. The molecule has 0 aliphatic carbocycles. The highest BCUT2D eigenvalue weighted by Crippen LogP contribution is 1.96. The molecule has 0 amide bonds. The fourth-order valence-corrected chi connectivity index (χ4v) is 0.866. The van der Waals surface area contributed by atoms with Crippen LogP contribution < -0.4 is 5.73 Å². The summed E-state index contributed by atoms with van der Waals surface area (Å²) in [6, 6.07) is 0. The topological polar surface area (TPSA) is 93.0 Å². The normalized spacial score (nSPS) is 10.3. The van der Waals surface area contributed by atoms with Crippen LogP contribution in [0.15, 0.2) is 18.7 Å². The molecule has 0 spiro atoms. The van der Waals surface area contributed by atoms with Gasteiger partial charge < -0.3 is 5.73 Å². The quantitative estimate of drug-likeness (QED) is 0.433. The Hall–Kier alpha value is -1.98. The second-order valence-electron chi connectivity index (χ2n) is 2.25. The number of hydrogen-bond donors (Lipinski definition) is 2. The minimum Gasteiger partial charge on any atom is -0.382 e. The molecule has 2 aromatic rings. The molecule has 0 aliphatic rings. The third-order valence-electron chi connectivity index (χ3n) is 1.44. The smallest absolute Gasteiger partial charge is 0.173 e. The number of hydrogen-bond acceptors (Lipinski definition) is 4. The van der Waals surface area contributed by atoms with Gasteiger partial charge in [-0.25, -0.2) is 14.5 Å². The Morgan fingerprint density at radius 2 is 2.33 bits per heavy atom. The molecular weight excluding hydrogens is 156 g/mol. The number of rotatable bonds is 1. The van der Waals surface area contributed by atoms with Crippen molar-refractivity contribution < 1.29 is 0 Å². The molecule has 2 aromatic heterocycles. The maximum absolute atomic E-state index is 7.12. The zero-order chi connectivity index (χ0) is 8.55. The molecule has 6 nitrogen and oxygen atoms in total. The van der Waals surface area contributed by atoms with Gasteiger partial charge in [0.05, 0.1) is 12.4 Å². The van der Waals surface area contributed by atoms with Crippen molar-refractivity contribution in [3.63, 3.8) is 0 Å². The Kier molecular flexibility index (Phi) is 1.26. The molecule has 3 N–H and O–H groups in total. The third kappa shape index (κ3) is 0.895. The van der Waals surface area contributed by atoms with Crippen LogP contribution >= 0.6 is 0 Å². The van der Waals surface area contributed by atoms with Crippen molar-refractivity contribution in [2.24, 2.45) is 5.73 Å². The van der Waals surface area contributed by atoms with E-state index in [1.165, 1.54) is 17.0 Å². The second kappa shape index (κ2) is 2.26. The lowest BCUT2D eigenvalue weighted by atomic mass is 10.4. The lowest BCUT2D eigenvalue weighted by Gasteiger charge is -1.95. The Labute approximate surface area is 67.6 Å². The van der Waals surface area contributed by atoms with Gasteiger partial charge in [0.25, 0.3) is 0 Å². The van der Waals surface area contributed by atoms with E-state index < -0.39 is 0 Å². The Bertz CT molecular complexity index is 430. The van der Waals surface area contributed by atoms with Crippen LogP contribution in [0.3, 0.4) is 0 Å². The molecule has 60 valence electrons. The fraction of sp³-hybridized carbons (Fsp3) is 0. The first-order chi connectivity index (χ1) is 5.77. The largest absolute Gasteiger partial charge is 0.382 e. The first-order valence-corrected chi connectivity index (χ1v) is 3.27. The predicted molar refractivity (Wildman–Crippen MR) is 41.8 cm³/mol. The number of nitrogens with one attached hydrogen (secondary N) is 1. The highest BCUT2D eigenvalue weighted by molar-refractivity contribution is 5.92. The van der Waals surface area contributed by atoms with Crippen molar-refractivity contribution >= 4 is 11.5 Å². The average molecular weight is 162 g/mol. The molecule has 0 unspecified atom stereocenters. The Morgan fingerprint density at radius 1 is 1.50 bits per heavy atom. The zero-order valence-electron chi connectivity index (χ0n) is 6.10. The van der Waals surface area contributed by atoms with Crippen molar-refractivity contribution in [1.29, 1.82) is 5.41 Å². The van der Waals surface area contributed by atoms with Crippen LogP contribution in [-0.2, 0) is 0 Å². The van der Waals surface area contributed by atoms with Crippen LogP contribution in [-0.4, -0.2) is 25.4 Å². The summed E-state index contributed by atoms with van der Waals surface area (Å²) in [5.41, 5.74) is 6.27. The van der Waals surface area contributed by atoms with Crippen LogP contribution in [0, 0.1) is 5.41 Å². The van der Waals surface area contributed by atoms with Gasteiger partial charge in [-0.2, -0.15) is 5.10 Å². The van der Waals surface area contributed by atoms with E-state index in [1.807, 2.05) is 0 Å². The monoisotopic (exact) mass is 162 g/mol. The maximum Gasteiger partial charge on any atom is 0.173 e. The summed E-state index contributed by atoms with van der Waals surface area (Å²) in [7, 11) is 0. The lowest BCUT2D eigenvalue weighted by Crippen LogP contribution is -2.14. The molecule has 2 rings (SSSR count). The summed E-state index contributed by atoms with van der Waals surface area (Å²) in [5.74, 6) is -0.0765. The number of nitrogens with zero attached hydrogens (tertiary/aromatic N) is 4. The molecule has 0 radical (unpaired) electrons. The highest BCUT2D eigenvalue weighted by Gasteiger charge is 2.00. The van der Waals surface area contributed by atoms with Crippen LogP contribution in [0.25, 0.3) is 5.65 Å². The Balaban J connectivity index is 2.68. The van der Waals surface area contributed by atoms with E-state index in [9.17, 15) is 0 Å². The van der Waals surface area contributed by atoms with E-state index in [4.69, 9.17) is 11.1 Å². The molecule has 2 heterocycles. The van der Waals surface area contributed by atoms with Gasteiger partial charge in [-0.3, -0.25) is 5.41 Å². The van der Waals surface area contributed by atoms with Crippen LogP contribution in [0.1, 0.15) is 5.69 Å². The minimum absolute atomic E-state index is 0.0765. The summed E-state index contributed by atoms with van der Waals surface area (Å²) in [6.07, 6.45) is 4.50. The molecule has 0 saturated heterocycles. The molecular formula is C6H6N6. The Morgan fingerprint density at radius 3 is 3.08 bits per heavy atom. The summed E-state index contributed by atoms with van der Waals surface area (Å²) in [6.45, 7) is 0. The number of fused-ring (bicyclic) bond motifs is 1. The summed E-state index contributed by atoms with van der Waals surface area (Å²) < 4.78 is 1.52. The van der Waals surface area contributed by atoms with Gasteiger partial charge in [0.1, 0.15) is 17.9 Å². The van der Waals surface area contributed by atoms with Crippen molar-refractivity contribution in [3.05, 3.63) is 24.4 Å². The van der Waals surface area contributed by atoms with E-state index in [0.717, 1.165) is 0 Å². The first kappa shape index (κ1) is 6.71. The van der Waals surface area contributed by atoms with Gasteiger partial charge in [0.2, 0.25) is 0 Å².